The third kappa shape index (κ3) is 3.13. The van der Waals surface area contributed by atoms with Crippen LogP contribution in [0.3, 0.4) is 0 Å². The maximum atomic E-state index is 9.72. The molecule has 0 bridgehead atoms. The van der Waals surface area contributed by atoms with E-state index >= 15 is 0 Å². The smallest absolute Gasteiger partial charge is 0.121 e. The van der Waals surface area contributed by atoms with Crippen molar-refractivity contribution in [1.82, 2.24) is 0 Å². The second-order valence-electron chi connectivity index (χ2n) is 4.46. The maximum Gasteiger partial charge on any atom is 0.121 e. The second-order valence-corrected chi connectivity index (χ2v) is 4.46. The standard InChI is InChI=1S/C16H17NO2/c1-11-8-13(9-12(2)16(11)18)10-17-14-4-6-15(19-3)7-5-14/h4-10,18H,1-3H3. The molecule has 0 amide bonds. The highest BCUT2D eigenvalue weighted by atomic mass is 16.5. The summed E-state index contributed by atoms with van der Waals surface area (Å²) in [6.45, 7) is 3.76. The number of aryl methyl sites for hydroxylation is 2. The lowest BCUT2D eigenvalue weighted by Crippen LogP contribution is -1.87. The molecular weight excluding hydrogens is 238 g/mol. The van der Waals surface area contributed by atoms with Gasteiger partial charge in [-0.1, -0.05) is 0 Å². The molecule has 0 saturated carbocycles. The first-order valence-electron chi connectivity index (χ1n) is 6.08. The first-order valence-corrected chi connectivity index (χ1v) is 6.08. The molecule has 0 heterocycles. The third-order valence-electron chi connectivity index (χ3n) is 2.95. The van der Waals surface area contributed by atoms with Crippen molar-refractivity contribution in [2.45, 2.75) is 13.8 Å². The highest BCUT2D eigenvalue weighted by molar-refractivity contribution is 5.83. The molecule has 1 N–H and O–H groups in total. The molecule has 0 aliphatic rings. The van der Waals surface area contributed by atoms with Gasteiger partial charge in [0.15, 0.2) is 0 Å². The molecule has 19 heavy (non-hydrogen) atoms. The summed E-state index contributed by atoms with van der Waals surface area (Å²) in [5, 5.41) is 9.72. The lowest BCUT2D eigenvalue weighted by Gasteiger charge is -2.04. The Labute approximate surface area is 113 Å². The summed E-state index contributed by atoms with van der Waals surface area (Å²) >= 11 is 0. The molecular formula is C16H17NO2. The molecule has 3 nitrogen and oxygen atoms in total. The van der Waals surface area contributed by atoms with Crippen LogP contribution in [0.15, 0.2) is 41.4 Å². The molecule has 0 saturated heterocycles. The quantitative estimate of drug-likeness (QED) is 0.848. The number of nitrogens with zero attached hydrogens (tertiary/aromatic N) is 1. The number of aromatic hydroxyl groups is 1. The fourth-order valence-corrected chi connectivity index (χ4v) is 1.88. The largest absolute Gasteiger partial charge is 0.507 e. The number of phenols is 1. The minimum atomic E-state index is 0.349. The predicted octanol–water partition coefficient (Wildman–Crippen LogP) is 3.77. The van der Waals surface area contributed by atoms with Gasteiger partial charge in [-0.25, -0.2) is 0 Å². The van der Waals surface area contributed by atoms with Crippen LogP contribution >= 0.6 is 0 Å². The maximum absolute atomic E-state index is 9.72. The summed E-state index contributed by atoms with van der Waals surface area (Å²) in [4.78, 5) is 4.40. The summed E-state index contributed by atoms with van der Waals surface area (Å²) in [6, 6.07) is 11.4. The average Bonchev–Trinajstić information content (AvgIpc) is 2.43. The van der Waals surface area contributed by atoms with E-state index in [0.29, 0.717) is 5.75 Å². The van der Waals surface area contributed by atoms with Crippen LogP contribution in [0.5, 0.6) is 11.5 Å². The molecule has 0 atom stereocenters. The number of methoxy groups -OCH3 is 1. The fraction of sp³-hybridized carbons (Fsp3) is 0.188. The van der Waals surface area contributed by atoms with Gasteiger partial charge in [0.25, 0.3) is 0 Å². The normalized spacial score (nSPS) is 10.9. The SMILES string of the molecule is COc1ccc(N=Cc2cc(C)c(O)c(C)c2)cc1. The monoisotopic (exact) mass is 255 g/mol. The van der Waals surface area contributed by atoms with Crippen molar-refractivity contribution in [3.05, 3.63) is 53.1 Å². The molecule has 2 aromatic carbocycles. The first-order chi connectivity index (χ1) is 9.10. The lowest BCUT2D eigenvalue weighted by molar-refractivity contribution is 0.415. The molecule has 0 spiro atoms. The van der Waals surface area contributed by atoms with Gasteiger partial charge < -0.3 is 9.84 Å². The first kappa shape index (κ1) is 13.1. The van der Waals surface area contributed by atoms with Crippen LogP contribution in [-0.2, 0) is 0 Å². The van der Waals surface area contributed by atoms with Gasteiger partial charge in [-0.2, -0.15) is 0 Å². The van der Waals surface area contributed by atoms with Crippen molar-refractivity contribution in [3.63, 3.8) is 0 Å². The van der Waals surface area contributed by atoms with Gasteiger partial charge in [-0.05, 0) is 66.9 Å². The predicted molar refractivity (Wildman–Crippen MR) is 77.8 cm³/mol. The van der Waals surface area contributed by atoms with Crippen LogP contribution in [-0.4, -0.2) is 18.4 Å². The van der Waals surface area contributed by atoms with Crippen LogP contribution in [0, 0.1) is 13.8 Å². The average molecular weight is 255 g/mol. The van der Waals surface area contributed by atoms with Crippen molar-refractivity contribution < 1.29 is 9.84 Å². The van der Waals surface area contributed by atoms with Crippen molar-refractivity contribution in [3.8, 4) is 11.5 Å². The second kappa shape index (κ2) is 5.57. The van der Waals surface area contributed by atoms with E-state index in [1.807, 2.05) is 50.2 Å². The van der Waals surface area contributed by atoms with Crippen molar-refractivity contribution in [2.24, 2.45) is 4.99 Å². The summed E-state index contributed by atoms with van der Waals surface area (Å²) in [5.74, 6) is 1.16. The van der Waals surface area contributed by atoms with E-state index in [9.17, 15) is 5.11 Å². The number of ether oxygens (including phenoxy) is 1. The summed E-state index contributed by atoms with van der Waals surface area (Å²) < 4.78 is 5.10. The Morgan fingerprint density at radius 3 is 2.16 bits per heavy atom. The van der Waals surface area contributed by atoms with Gasteiger partial charge >= 0.3 is 0 Å². The van der Waals surface area contributed by atoms with E-state index in [1.165, 1.54) is 0 Å². The number of aliphatic imine (C=N–C) groups is 1. The Balaban J connectivity index is 2.22. The van der Waals surface area contributed by atoms with Crippen LogP contribution in [0.1, 0.15) is 16.7 Å². The Morgan fingerprint density at radius 1 is 1.05 bits per heavy atom. The number of phenolic OH excluding ortho intramolecular Hbond substituents is 1. The molecule has 0 aliphatic heterocycles. The molecule has 0 unspecified atom stereocenters. The zero-order valence-electron chi connectivity index (χ0n) is 11.3. The van der Waals surface area contributed by atoms with Gasteiger partial charge in [0.1, 0.15) is 11.5 Å². The number of hydrogen-bond acceptors (Lipinski definition) is 3. The molecule has 3 heteroatoms. The van der Waals surface area contributed by atoms with Gasteiger partial charge in [0.2, 0.25) is 0 Å². The highest BCUT2D eigenvalue weighted by Crippen LogP contribution is 2.23. The Hall–Kier alpha value is -2.29. The number of benzene rings is 2. The van der Waals surface area contributed by atoms with Crippen LogP contribution < -0.4 is 4.74 Å². The van der Waals surface area contributed by atoms with Gasteiger partial charge in [-0.3, -0.25) is 4.99 Å². The van der Waals surface area contributed by atoms with E-state index < -0.39 is 0 Å². The molecule has 98 valence electrons. The molecule has 0 fully saturated rings. The van der Waals surface area contributed by atoms with Crippen molar-refractivity contribution in [2.75, 3.05) is 7.11 Å². The minimum Gasteiger partial charge on any atom is -0.507 e. The molecule has 0 radical (unpaired) electrons. The van der Waals surface area contributed by atoms with Gasteiger partial charge in [0.05, 0.1) is 12.8 Å². The highest BCUT2D eigenvalue weighted by Gasteiger charge is 2.01. The number of rotatable bonds is 3. The van der Waals surface area contributed by atoms with E-state index in [4.69, 9.17) is 4.74 Å². The topological polar surface area (TPSA) is 41.8 Å². The zero-order valence-corrected chi connectivity index (χ0v) is 11.3. The fourth-order valence-electron chi connectivity index (χ4n) is 1.88. The Bertz CT molecular complexity index is 578. The van der Waals surface area contributed by atoms with Crippen molar-refractivity contribution >= 4 is 11.9 Å². The summed E-state index contributed by atoms with van der Waals surface area (Å²) in [6.07, 6.45) is 1.79. The lowest BCUT2D eigenvalue weighted by atomic mass is 10.1. The molecule has 0 aliphatic carbocycles. The summed E-state index contributed by atoms with van der Waals surface area (Å²) in [7, 11) is 1.64. The van der Waals surface area contributed by atoms with Crippen LogP contribution in [0.4, 0.5) is 5.69 Å². The number of hydrogen-bond donors (Lipinski definition) is 1. The van der Waals surface area contributed by atoms with E-state index in [-0.39, 0.29) is 0 Å². The molecule has 2 rings (SSSR count). The molecule has 2 aromatic rings. The Morgan fingerprint density at radius 2 is 1.63 bits per heavy atom. The van der Waals surface area contributed by atoms with Crippen LogP contribution in [0.25, 0.3) is 0 Å². The summed E-state index contributed by atoms with van der Waals surface area (Å²) in [5.41, 5.74) is 3.56. The minimum absolute atomic E-state index is 0.349. The van der Waals surface area contributed by atoms with Crippen molar-refractivity contribution in [1.29, 1.82) is 0 Å². The zero-order chi connectivity index (χ0) is 13.8. The molecule has 0 aromatic heterocycles. The third-order valence-corrected chi connectivity index (χ3v) is 2.95. The van der Waals surface area contributed by atoms with E-state index in [0.717, 1.165) is 28.1 Å². The van der Waals surface area contributed by atoms with E-state index in [1.54, 1.807) is 13.3 Å². The van der Waals surface area contributed by atoms with Gasteiger partial charge in [-0.15, -0.1) is 0 Å². The van der Waals surface area contributed by atoms with Gasteiger partial charge in [0, 0.05) is 6.21 Å². The van der Waals surface area contributed by atoms with Crippen LogP contribution in [0.2, 0.25) is 0 Å². The Kier molecular flexibility index (Phi) is 3.85. The van der Waals surface area contributed by atoms with E-state index in [2.05, 4.69) is 4.99 Å².